The molecule has 0 aliphatic rings. The monoisotopic (exact) mass is 532 g/mol. The second-order valence-electron chi connectivity index (χ2n) is 9.50. The predicted molar refractivity (Wildman–Crippen MR) is 161 cm³/mol. The maximum absolute atomic E-state index is 4.89. The molecule has 7 heteroatoms. The molecule has 0 saturated carbocycles. The van der Waals surface area contributed by atoms with Crippen LogP contribution in [0.3, 0.4) is 0 Å². The number of aromatic nitrogens is 6. The molecule has 0 atom stereocenters. The third kappa shape index (κ3) is 3.83. The summed E-state index contributed by atoms with van der Waals surface area (Å²) >= 11 is 1.73. The van der Waals surface area contributed by atoms with Gasteiger partial charge in [0.1, 0.15) is 10.3 Å². The Morgan fingerprint density at radius 2 is 1.12 bits per heavy atom. The van der Waals surface area contributed by atoms with Gasteiger partial charge in [0.05, 0.1) is 0 Å². The van der Waals surface area contributed by atoms with Crippen molar-refractivity contribution in [1.29, 1.82) is 0 Å². The first-order valence-corrected chi connectivity index (χ1v) is 13.7. The maximum Gasteiger partial charge on any atom is 0.235 e. The molecule has 0 unspecified atom stereocenters. The molecule has 8 aromatic rings. The van der Waals surface area contributed by atoms with Crippen LogP contribution in [0.4, 0.5) is 0 Å². The molecule has 0 bridgehead atoms. The fraction of sp³-hybridized carbons (Fsp3) is 0. The SMILES string of the molecule is c1ccc(-c2nc(-c3ccccc3)nc(-c3cccc(-c4cnc5nc6c7ccccc7sc6n5c4)c3)n2)cc1. The minimum atomic E-state index is 0.623. The van der Waals surface area contributed by atoms with Gasteiger partial charge in [0, 0.05) is 44.7 Å². The van der Waals surface area contributed by atoms with Crippen molar-refractivity contribution in [3.63, 3.8) is 0 Å². The molecular formula is C33H20N6S. The molecule has 0 amide bonds. The highest BCUT2D eigenvalue weighted by molar-refractivity contribution is 7.25. The summed E-state index contributed by atoms with van der Waals surface area (Å²) in [6.45, 7) is 0. The standard InChI is InChI=1S/C33H20N6S/c1-3-10-21(11-4-1)29-36-30(22-12-5-2-6-13-22)38-31(37-29)24-15-9-14-23(18-24)25-19-34-33-35-28-26-16-7-8-17-27(26)40-32(28)39(33)20-25/h1-20H. The number of benzene rings is 4. The minimum absolute atomic E-state index is 0.623. The molecule has 4 aromatic carbocycles. The van der Waals surface area contributed by atoms with Crippen molar-refractivity contribution in [2.24, 2.45) is 0 Å². The van der Waals surface area contributed by atoms with E-state index in [1.165, 1.54) is 4.70 Å². The van der Waals surface area contributed by atoms with Crippen LogP contribution in [-0.2, 0) is 0 Å². The van der Waals surface area contributed by atoms with Crippen molar-refractivity contribution in [2.45, 2.75) is 0 Å². The molecule has 0 N–H and O–H groups in total. The maximum atomic E-state index is 4.89. The van der Waals surface area contributed by atoms with Crippen LogP contribution in [0.25, 0.3) is 71.5 Å². The van der Waals surface area contributed by atoms with Crippen molar-refractivity contribution >= 4 is 37.5 Å². The fourth-order valence-corrected chi connectivity index (χ4v) is 6.08. The summed E-state index contributed by atoms with van der Waals surface area (Å²) in [6, 6.07) is 36.7. The van der Waals surface area contributed by atoms with Gasteiger partial charge in [0.2, 0.25) is 5.78 Å². The van der Waals surface area contributed by atoms with E-state index in [0.717, 1.165) is 43.6 Å². The molecule has 0 radical (unpaired) electrons. The van der Waals surface area contributed by atoms with Gasteiger partial charge in [-0.3, -0.25) is 4.40 Å². The molecule has 0 spiro atoms. The van der Waals surface area contributed by atoms with Gasteiger partial charge < -0.3 is 0 Å². The quantitative estimate of drug-likeness (QED) is 0.230. The summed E-state index contributed by atoms with van der Waals surface area (Å²) in [6.07, 6.45) is 4.00. The molecule has 0 aliphatic heterocycles. The third-order valence-corrected chi connectivity index (χ3v) is 8.10. The van der Waals surface area contributed by atoms with Gasteiger partial charge in [-0.05, 0) is 17.7 Å². The Kier molecular flexibility index (Phi) is 5.21. The average Bonchev–Trinajstić information content (AvgIpc) is 3.58. The fourth-order valence-electron chi connectivity index (χ4n) is 4.97. The summed E-state index contributed by atoms with van der Waals surface area (Å²) in [4.78, 5) is 25.2. The van der Waals surface area contributed by atoms with E-state index in [1.54, 1.807) is 11.3 Å². The summed E-state index contributed by atoms with van der Waals surface area (Å²) < 4.78 is 3.31. The van der Waals surface area contributed by atoms with Crippen molar-refractivity contribution in [3.05, 3.63) is 122 Å². The van der Waals surface area contributed by atoms with Crippen molar-refractivity contribution in [1.82, 2.24) is 29.3 Å². The van der Waals surface area contributed by atoms with Gasteiger partial charge in [-0.15, -0.1) is 11.3 Å². The molecule has 4 heterocycles. The largest absolute Gasteiger partial charge is 0.274 e. The summed E-state index contributed by atoms with van der Waals surface area (Å²) in [5.41, 5.74) is 5.81. The van der Waals surface area contributed by atoms with Gasteiger partial charge in [-0.25, -0.2) is 24.9 Å². The Balaban J connectivity index is 1.26. The summed E-state index contributed by atoms with van der Waals surface area (Å²) in [5, 5.41) is 1.16. The topological polar surface area (TPSA) is 68.9 Å². The smallest absolute Gasteiger partial charge is 0.235 e. The van der Waals surface area contributed by atoms with Gasteiger partial charge in [-0.2, -0.15) is 0 Å². The van der Waals surface area contributed by atoms with E-state index in [2.05, 4.69) is 47.0 Å². The highest BCUT2D eigenvalue weighted by Crippen LogP contribution is 2.34. The second-order valence-corrected chi connectivity index (χ2v) is 10.5. The molecule has 8 rings (SSSR count). The van der Waals surface area contributed by atoms with E-state index >= 15 is 0 Å². The molecule has 40 heavy (non-hydrogen) atoms. The first-order valence-electron chi connectivity index (χ1n) is 12.9. The van der Waals surface area contributed by atoms with E-state index < -0.39 is 0 Å². The lowest BCUT2D eigenvalue weighted by Crippen LogP contribution is -2.00. The summed E-state index contributed by atoms with van der Waals surface area (Å²) in [5.74, 6) is 2.61. The lowest BCUT2D eigenvalue weighted by molar-refractivity contribution is 1.07. The number of imidazole rings is 1. The van der Waals surface area contributed by atoms with E-state index in [-0.39, 0.29) is 0 Å². The van der Waals surface area contributed by atoms with Crippen LogP contribution in [-0.4, -0.2) is 29.3 Å². The first-order chi connectivity index (χ1) is 19.8. The lowest BCUT2D eigenvalue weighted by atomic mass is 10.1. The summed E-state index contributed by atoms with van der Waals surface area (Å²) in [7, 11) is 0. The number of hydrogen-bond acceptors (Lipinski definition) is 6. The Bertz CT molecular complexity index is 2110. The van der Waals surface area contributed by atoms with Crippen LogP contribution >= 0.6 is 11.3 Å². The third-order valence-electron chi connectivity index (χ3n) is 6.94. The van der Waals surface area contributed by atoms with Crippen LogP contribution in [0.2, 0.25) is 0 Å². The zero-order chi connectivity index (χ0) is 26.5. The van der Waals surface area contributed by atoms with Crippen molar-refractivity contribution < 1.29 is 0 Å². The molecule has 4 aromatic heterocycles. The Morgan fingerprint density at radius 3 is 1.85 bits per heavy atom. The number of fused-ring (bicyclic) bond motifs is 5. The minimum Gasteiger partial charge on any atom is -0.274 e. The second kappa shape index (κ2) is 9.18. The zero-order valence-corrected chi connectivity index (χ0v) is 22.0. The molecule has 188 valence electrons. The number of rotatable bonds is 4. The van der Waals surface area contributed by atoms with E-state index in [1.807, 2.05) is 79.0 Å². The molecular weight excluding hydrogens is 512 g/mol. The number of thiophene rings is 1. The normalized spacial score (nSPS) is 11.5. The Morgan fingerprint density at radius 1 is 0.525 bits per heavy atom. The molecule has 0 fully saturated rings. The van der Waals surface area contributed by atoms with E-state index in [9.17, 15) is 0 Å². The first kappa shape index (κ1) is 22.7. The molecule has 6 nitrogen and oxygen atoms in total. The van der Waals surface area contributed by atoms with Gasteiger partial charge >= 0.3 is 0 Å². The molecule has 0 aliphatic carbocycles. The number of nitrogens with zero attached hydrogens (tertiary/aromatic N) is 6. The van der Waals surface area contributed by atoms with Gasteiger partial charge in [0.15, 0.2) is 17.5 Å². The van der Waals surface area contributed by atoms with Crippen LogP contribution in [0.15, 0.2) is 122 Å². The predicted octanol–water partition coefficient (Wildman–Crippen LogP) is 7.95. The van der Waals surface area contributed by atoms with Crippen LogP contribution in [0.5, 0.6) is 0 Å². The average molecular weight is 533 g/mol. The van der Waals surface area contributed by atoms with Crippen LogP contribution < -0.4 is 0 Å². The van der Waals surface area contributed by atoms with Crippen LogP contribution in [0.1, 0.15) is 0 Å². The molecule has 0 saturated heterocycles. The van der Waals surface area contributed by atoms with Crippen molar-refractivity contribution in [3.8, 4) is 45.3 Å². The van der Waals surface area contributed by atoms with Gasteiger partial charge in [-0.1, -0.05) is 97.1 Å². The number of hydrogen-bond donors (Lipinski definition) is 0. The van der Waals surface area contributed by atoms with Crippen molar-refractivity contribution in [2.75, 3.05) is 0 Å². The Hall–Kier alpha value is -5.27. The lowest BCUT2D eigenvalue weighted by Gasteiger charge is -2.09. The van der Waals surface area contributed by atoms with E-state index in [0.29, 0.717) is 23.3 Å². The Labute approximate surface area is 233 Å². The van der Waals surface area contributed by atoms with Crippen LogP contribution in [0, 0.1) is 0 Å². The van der Waals surface area contributed by atoms with E-state index in [4.69, 9.17) is 24.9 Å². The zero-order valence-electron chi connectivity index (χ0n) is 21.1. The highest BCUT2D eigenvalue weighted by atomic mass is 32.1. The highest BCUT2D eigenvalue weighted by Gasteiger charge is 2.15. The van der Waals surface area contributed by atoms with Gasteiger partial charge in [0.25, 0.3) is 0 Å².